The Morgan fingerprint density at radius 3 is 2.75 bits per heavy atom. The van der Waals surface area contributed by atoms with E-state index in [1.807, 2.05) is 0 Å². The van der Waals surface area contributed by atoms with Gasteiger partial charge in [-0.25, -0.2) is 4.98 Å². The summed E-state index contributed by atoms with van der Waals surface area (Å²) in [7, 11) is 1.56. The highest BCUT2D eigenvalue weighted by molar-refractivity contribution is 9.10. The first kappa shape index (κ1) is 15.3. The van der Waals surface area contributed by atoms with Gasteiger partial charge in [-0.1, -0.05) is 11.6 Å². The maximum Gasteiger partial charge on any atom is 0.255 e. The summed E-state index contributed by atoms with van der Waals surface area (Å²) in [5.41, 5.74) is 0.923. The predicted octanol–water partition coefficient (Wildman–Crippen LogP) is 4.52. The number of rotatable bonds is 3. The Morgan fingerprint density at radius 1 is 1.35 bits per heavy atom. The standard InChI is InChI=1S/C13H9Br2ClN2O2/c1-20-11-3-2-7(4-9(11)15)13(19)18-10-5-8(14)6-17-12(10)16/h2-6H,1H3,(H,18,19). The van der Waals surface area contributed by atoms with Crippen LogP contribution in [0.5, 0.6) is 5.75 Å². The Bertz CT molecular complexity index is 665. The average Bonchev–Trinajstić information content (AvgIpc) is 2.42. The molecule has 0 aliphatic carbocycles. The lowest BCUT2D eigenvalue weighted by molar-refractivity contribution is 0.102. The zero-order chi connectivity index (χ0) is 14.7. The van der Waals surface area contributed by atoms with E-state index in [9.17, 15) is 4.79 Å². The van der Waals surface area contributed by atoms with Crippen LogP contribution in [0.15, 0.2) is 39.4 Å². The highest BCUT2D eigenvalue weighted by atomic mass is 79.9. The number of halogens is 3. The highest BCUT2D eigenvalue weighted by Crippen LogP contribution is 2.27. The molecule has 0 fully saturated rings. The molecule has 0 atom stereocenters. The third-order valence-electron chi connectivity index (χ3n) is 2.47. The van der Waals surface area contributed by atoms with Gasteiger partial charge in [0.2, 0.25) is 0 Å². The molecule has 2 rings (SSSR count). The van der Waals surface area contributed by atoms with Gasteiger partial charge in [0.1, 0.15) is 5.75 Å². The number of nitrogens with zero attached hydrogens (tertiary/aromatic N) is 1. The lowest BCUT2D eigenvalue weighted by Gasteiger charge is -2.09. The molecule has 4 nitrogen and oxygen atoms in total. The fraction of sp³-hybridized carbons (Fsp3) is 0.0769. The smallest absolute Gasteiger partial charge is 0.255 e. The molecule has 0 spiro atoms. The van der Waals surface area contributed by atoms with Crippen molar-refractivity contribution in [2.45, 2.75) is 0 Å². The molecule has 1 heterocycles. The minimum Gasteiger partial charge on any atom is -0.496 e. The van der Waals surface area contributed by atoms with Crippen LogP contribution in [0.2, 0.25) is 5.15 Å². The van der Waals surface area contributed by atoms with Crippen molar-refractivity contribution < 1.29 is 9.53 Å². The number of pyridine rings is 1. The Morgan fingerprint density at radius 2 is 2.10 bits per heavy atom. The molecule has 0 bridgehead atoms. The maximum atomic E-state index is 12.2. The number of aromatic nitrogens is 1. The number of benzene rings is 1. The molecule has 1 amide bonds. The van der Waals surface area contributed by atoms with Gasteiger partial charge in [-0.2, -0.15) is 0 Å². The molecule has 0 saturated carbocycles. The monoisotopic (exact) mass is 418 g/mol. The molecule has 1 N–H and O–H groups in total. The quantitative estimate of drug-likeness (QED) is 0.743. The van der Waals surface area contributed by atoms with E-state index in [1.165, 1.54) is 0 Å². The summed E-state index contributed by atoms with van der Waals surface area (Å²) in [4.78, 5) is 16.1. The summed E-state index contributed by atoms with van der Waals surface area (Å²) in [6.45, 7) is 0. The molecular weight excluding hydrogens is 411 g/mol. The Hall–Kier alpha value is -1.11. The van der Waals surface area contributed by atoms with Gasteiger partial charge in [-0.05, 0) is 56.1 Å². The van der Waals surface area contributed by atoms with E-state index >= 15 is 0 Å². The van der Waals surface area contributed by atoms with Gasteiger partial charge in [0.15, 0.2) is 5.15 Å². The second kappa shape index (κ2) is 6.56. The van der Waals surface area contributed by atoms with Gasteiger partial charge in [0.25, 0.3) is 5.91 Å². The summed E-state index contributed by atoms with van der Waals surface area (Å²) < 4.78 is 6.55. The van der Waals surface area contributed by atoms with Gasteiger partial charge in [0, 0.05) is 16.2 Å². The first-order chi connectivity index (χ1) is 9.51. The molecule has 7 heteroatoms. The van der Waals surface area contributed by atoms with Crippen molar-refractivity contribution in [1.29, 1.82) is 0 Å². The number of methoxy groups -OCH3 is 1. The third-order valence-corrected chi connectivity index (χ3v) is 3.82. The second-order valence-corrected chi connectivity index (χ2v) is 5.92. The summed E-state index contributed by atoms with van der Waals surface area (Å²) in [6.07, 6.45) is 1.56. The molecule has 0 aliphatic heterocycles. The fourth-order valence-corrected chi connectivity index (χ4v) is 2.53. The van der Waals surface area contributed by atoms with Crippen molar-refractivity contribution in [2.24, 2.45) is 0 Å². The van der Waals surface area contributed by atoms with Crippen molar-refractivity contribution in [2.75, 3.05) is 12.4 Å². The lowest BCUT2D eigenvalue weighted by atomic mass is 10.2. The van der Waals surface area contributed by atoms with Crippen LogP contribution < -0.4 is 10.1 Å². The van der Waals surface area contributed by atoms with Gasteiger partial charge in [-0.3, -0.25) is 4.79 Å². The van der Waals surface area contributed by atoms with Crippen molar-refractivity contribution in [1.82, 2.24) is 4.98 Å². The van der Waals surface area contributed by atoms with E-state index in [1.54, 1.807) is 37.6 Å². The fourth-order valence-electron chi connectivity index (χ4n) is 1.51. The van der Waals surface area contributed by atoms with Crippen LogP contribution in [0.4, 0.5) is 5.69 Å². The summed E-state index contributed by atoms with van der Waals surface area (Å²) in [5.74, 6) is 0.374. The van der Waals surface area contributed by atoms with Crippen LogP contribution in [-0.2, 0) is 0 Å². The van der Waals surface area contributed by atoms with E-state index in [0.29, 0.717) is 21.5 Å². The SMILES string of the molecule is COc1ccc(C(=O)Nc2cc(Br)cnc2Cl)cc1Br. The van der Waals surface area contributed by atoms with Crippen LogP contribution >= 0.6 is 43.5 Å². The average molecular weight is 420 g/mol. The van der Waals surface area contributed by atoms with Crippen LogP contribution in [-0.4, -0.2) is 18.0 Å². The first-order valence-corrected chi connectivity index (χ1v) is 7.43. The lowest BCUT2D eigenvalue weighted by Crippen LogP contribution is -2.12. The third kappa shape index (κ3) is 3.50. The van der Waals surface area contributed by atoms with E-state index in [2.05, 4.69) is 42.2 Å². The first-order valence-electron chi connectivity index (χ1n) is 5.47. The summed E-state index contributed by atoms with van der Waals surface area (Å²) in [6, 6.07) is 6.73. The summed E-state index contributed by atoms with van der Waals surface area (Å²) >= 11 is 12.5. The Labute approximate surface area is 137 Å². The number of carbonyl (C=O) groups is 1. The Balaban J connectivity index is 2.24. The molecule has 0 unspecified atom stereocenters. The van der Waals surface area contributed by atoms with Crippen LogP contribution in [0, 0.1) is 0 Å². The molecule has 1 aromatic carbocycles. The molecule has 0 aliphatic rings. The van der Waals surface area contributed by atoms with Gasteiger partial charge >= 0.3 is 0 Å². The number of ether oxygens (including phenoxy) is 1. The number of amides is 1. The second-order valence-electron chi connectivity index (χ2n) is 3.80. The molecule has 1 aromatic heterocycles. The van der Waals surface area contributed by atoms with Crippen LogP contribution in [0.25, 0.3) is 0 Å². The number of hydrogen-bond acceptors (Lipinski definition) is 3. The molecule has 2 aromatic rings. The van der Waals surface area contributed by atoms with Crippen molar-refractivity contribution >= 4 is 55.1 Å². The van der Waals surface area contributed by atoms with E-state index in [0.717, 1.165) is 4.47 Å². The van der Waals surface area contributed by atoms with Crippen molar-refractivity contribution in [3.8, 4) is 5.75 Å². The zero-order valence-electron chi connectivity index (χ0n) is 10.3. The van der Waals surface area contributed by atoms with Crippen LogP contribution in [0.1, 0.15) is 10.4 Å². The minimum atomic E-state index is -0.282. The maximum absolute atomic E-state index is 12.2. The topological polar surface area (TPSA) is 51.2 Å². The number of nitrogens with one attached hydrogen (secondary N) is 1. The van der Waals surface area contributed by atoms with E-state index in [-0.39, 0.29) is 11.1 Å². The highest BCUT2D eigenvalue weighted by Gasteiger charge is 2.11. The number of anilines is 1. The van der Waals surface area contributed by atoms with Gasteiger partial charge < -0.3 is 10.1 Å². The zero-order valence-corrected chi connectivity index (χ0v) is 14.2. The molecule has 0 radical (unpaired) electrons. The van der Waals surface area contributed by atoms with E-state index < -0.39 is 0 Å². The predicted molar refractivity (Wildman–Crippen MR) is 85.6 cm³/mol. The molecule has 20 heavy (non-hydrogen) atoms. The van der Waals surface area contributed by atoms with E-state index in [4.69, 9.17) is 16.3 Å². The van der Waals surface area contributed by atoms with Gasteiger partial charge in [0.05, 0.1) is 17.3 Å². The largest absolute Gasteiger partial charge is 0.496 e. The van der Waals surface area contributed by atoms with Crippen molar-refractivity contribution in [3.05, 3.63) is 50.1 Å². The summed E-state index contributed by atoms with van der Waals surface area (Å²) in [5, 5.41) is 2.94. The van der Waals surface area contributed by atoms with Crippen LogP contribution in [0.3, 0.4) is 0 Å². The Kier molecular flexibility index (Phi) is 5.01. The number of hydrogen-bond donors (Lipinski definition) is 1. The molecule has 0 saturated heterocycles. The molecular formula is C13H9Br2ClN2O2. The van der Waals surface area contributed by atoms with Gasteiger partial charge in [-0.15, -0.1) is 0 Å². The normalized spacial score (nSPS) is 10.2. The number of carbonyl (C=O) groups excluding carboxylic acids is 1. The van der Waals surface area contributed by atoms with Crippen molar-refractivity contribution in [3.63, 3.8) is 0 Å². The minimum absolute atomic E-state index is 0.231. The molecule has 104 valence electrons.